The maximum Gasteiger partial charge on any atom is 0.358 e. The SMILES string of the molecule is COC(=O)c1cc2n(n1)CCCN(C(=O)c1c(C)cc(C)[nH]c1=O)C2. The highest BCUT2D eigenvalue weighted by molar-refractivity contribution is 5.95. The number of rotatable bonds is 2. The molecule has 0 saturated carbocycles. The van der Waals surface area contributed by atoms with E-state index >= 15 is 0 Å². The zero-order valence-corrected chi connectivity index (χ0v) is 14.5. The van der Waals surface area contributed by atoms with Gasteiger partial charge in [0.1, 0.15) is 5.56 Å². The summed E-state index contributed by atoms with van der Waals surface area (Å²) in [7, 11) is 1.30. The first-order valence-corrected chi connectivity index (χ1v) is 8.05. The molecular formula is C17H20N4O4. The van der Waals surface area contributed by atoms with Crippen LogP contribution in [-0.4, -0.2) is 45.2 Å². The molecule has 0 fully saturated rings. The number of carbonyl (C=O) groups is 2. The molecule has 3 heterocycles. The molecule has 0 aliphatic carbocycles. The van der Waals surface area contributed by atoms with Crippen LogP contribution in [0, 0.1) is 13.8 Å². The number of carbonyl (C=O) groups excluding carboxylic acids is 2. The van der Waals surface area contributed by atoms with Gasteiger partial charge in [0.05, 0.1) is 19.3 Å². The molecule has 1 aliphatic rings. The second-order valence-corrected chi connectivity index (χ2v) is 6.16. The van der Waals surface area contributed by atoms with Crippen LogP contribution in [0.15, 0.2) is 16.9 Å². The molecule has 2 aromatic heterocycles. The second kappa shape index (κ2) is 6.54. The fraction of sp³-hybridized carbons (Fsp3) is 0.412. The van der Waals surface area contributed by atoms with Crippen molar-refractivity contribution in [3.8, 4) is 0 Å². The molecule has 3 rings (SSSR count). The van der Waals surface area contributed by atoms with Crippen LogP contribution in [0.1, 0.15) is 44.2 Å². The van der Waals surface area contributed by atoms with Crippen molar-refractivity contribution in [2.75, 3.05) is 13.7 Å². The third kappa shape index (κ3) is 3.19. The average molecular weight is 344 g/mol. The molecule has 1 N–H and O–H groups in total. The van der Waals surface area contributed by atoms with E-state index < -0.39 is 5.97 Å². The van der Waals surface area contributed by atoms with Crippen molar-refractivity contribution in [1.82, 2.24) is 19.7 Å². The number of fused-ring (bicyclic) bond motifs is 1. The number of hydrogen-bond donors (Lipinski definition) is 1. The van der Waals surface area contributed by atoms with E-state index in [2.05, 4.69) is 10.1 Å². The van der Waals surface area contributed by atoms with Gasteiger partial charge in [-0.1, -0.05) is 0 Å². The van der Waals surface area contributed by atoms with Crippen LogP contribution in [0.5, 0.6) is 0 Å². The smallest absolute Gasteiger partial charge is 0.358 e. The molecule has 0 bridgehead atoms. The molecule has 0 radical (unpaired) electrons. The predicted octanol–water partition coefficient (Wildman–Crippen LogP) is 1.02. The van der Waals surface area contributed by atoms with Crippen molar-refractivity contribution in [3.63, 3.8) is 0 Å². The average Bonchev–Trinajstić information content (AvgIpc) is 2.84. The predicted molar refractivity (Wildman–Crippen MR) is 89.5 cm³/mol. The Balaban J connectivity index is 1.91. The Morgan fingerprint density at radius 2 is 2.00 bits per heavy atom. The third-order valence-electron chi connectivity index (χ3n) is 4.27. The fourth-order valence-corrected chi connectivity index (χ4v) is 3.12. The maximum absolute atomic E-state index is 12.9. The molecule has 8 nitrogen and oxygen atoms in total. The largest absolute Gasteiger partial charge is 0.464 e. The van der Waals surface area contributed by atoms with Gasteiger partial charge in [-0.2, -0.15) is 5.10 Å². The van der Waals surface area contributed by atoms with Crippen LogP contribution in [-0.2, 0) is 17.8 Å². The zero-order chi connectivity index (χ0) is 18.1. The highest BCUT2D eigenvalue weighted by atomic mass is 16.5. The number of methoxy groups -OCH3 is 1. The lowest BCUT2D eigenvalue weighted by atomic mass is 10.1. The van der Waals surface area contributed by atoms with Crippen molar-refractivity contribution in [2.45, 2.75) is 33.4 Å². The maximum atomic E-state index is 12.9. The summed E-state index contributed by atoms with van der Waals surface area (Å²) in [6.45, 7) is 4.94. The van der Waals surface area contributed by atoms with Gasteiger partial charge >= 0.3 is 5.97 Å². The van der Waals surface area contributed by atoms with Gasteiger partial charge in [-0.25, -0.2) is 4.79 Å². The van der Waals surface area contributed by atoms with Crippen LogP contribution < -0.4 is 5.56 Å². The Hall–Kier alpha value is -2.90. The molecule has 8 heteroatoms. The van der Waals surface area contributed by atoms with Gasteiger partial charge in [0.25, 0.3) is 11.5 Å². The van der Waals surface area contributed by atoms with Crippen LogP contribution in [0.25, 0.3) is 0 Å². The van der Waals surface area contributed by atoms with Gasteiger partial charge < -0.3 is 14.6 Å². The van der Waals surface area contributed by atoms with Crippen LogP contribution >= 0.6 is 0 Å². The minimum absolute atomic E-state index is 0.159. The number of pyridine rings is 1. The van der Waals surface area contributed by atoms with Crippen molar-refractivity contribution >= 4 is 11.9 Å². The molecule has 0 atom stereocenters. The molecular weight excluding hydrogens is 324 g/mol. The number of amides is 1. The first-order valence-electron chi connectivity index (χ1n) is 8.05. The van der Waals surface area contributed by atoms with Crippen molar-refractivity contribution in [2.24, 2.45) is 0 Å². The molecule has 0 unspecified atom stereocenters. The third-order valence-corrected chi connectivity index (χ3v) is 4.27. The first-order chi connectivity index (χ1) is 11.9. The fourth-order valence-electron chi connectivity index (χ4n) is 3.12. The number of esters is 1. The summed E-state index contributed by atoms with van der Waals surface area (Å²) >= 11 is 0. The Kier molecular flexibility index (Phi) is 4.43. The van der Waals surface area contributed by atoms with Crippen LogP contribution in [0.2, 0.25) is 0 Å². The molecule has 1 amide bonds. The number of nitrogens with zero attached hydrogens (tertiary/aromatic N) is 3. The van der Waals surface area contributed by atoms with Crippen LogP contribution in [0.3, 0.4) is 0 Å². The summed E-state index contributed by atoms with van der Waals surface area (Å²) in [6, 6.07) is 3.41. The number of ether oxygens (including phenoxy) is 1. The van der Waals surface area contributed by atoms with E-state index in [9.17, 15) is 14.4 Å². The van der Waals surface area contributed by atoms with Gasteiger partial charge in [-0.05, 0) is 38.0 Å². The van der Waals surface area contributed by atoms with Gasteiger partial charge in [-0.3, -0.25) is 14.3 Å². The number of aromatic amines is 1. The highest BCUT2D eigenvalue weighted by Crippen LogP contribution is 2.17. The zero-order valence-electron chi connectivity index (χ0n) is 14.5. The number of hydrogen-bond acceptors (Lipinski definition) is 5. The van der Waals surface area contributed by atoms with E-state index in [1.807, 2.05) is 0 Å². The van der Waals surface area contributed by atoms with E-state index in [4.69, 9.17) is 4.74 Å². The minimum Gasteiger partial charge on any atom is -0.464 e. The quantitative estimate of drug-likeness (QED) is 0.821. The summed E-state index contributed by atoms with van der Waals surface area (Å²) in [5.74, 6) is -0.822. The highest BCUT2D eigenvalue weighted by Gasteiger charge is 2.26. The molecule has 0 saturated heterocycles. The van der Waals surface area contributed by atoms with E-state index in [0.717, 1.165) is 11.4 Å². The molecule has 25 heavy (non-hydrogen) atoms. The Labute approximate surface area is 144 Å². The van der Waals surface area contributed by atoms with Crippen molar-refractivity contribution in [1.29, 1.82) is 0 Å². The van der Waals surface area contributed by atoms with Gasteiger partial charge in [0, 0.05) is 18.8 Å². The second-order valence-electron chi connectivity index (χ2n) is 6.16. The van der Waals surface area contributed by atoms with E-state index in [1.54, 1.807) is 35.6 Å². The van der Waals surface area contributed by atoms with Gasteiger partial charge in [0.15, 0.2) is 5.69 Å². The van der Waals surface area contributed by atoms with E-state index in [1.165, 1.54) is 7.11 Å². The van der Waals surface area contributed by atoms with Crippen molar-refractivity contribution in [3.05, 3.63) is 50.7 Å². The van der Waals surface area contributed by atoms with Gasteiger partial charge in [-0.15, -0.1) is 0 Å². The van der Waals surface area contributed by atoms with Crippen LogP contribution in [0.4, 0.5) is 0 Å². The summed E-state index contributed by atoms with van der Waals surface area (Å²) in [6.07, 6.45) is 0.684. The first kappa shape index (κ1) is 16.9. The Bertz CT molecular complexity index is 897. The summed E-state index contributed by atoms with van der Waals surface area (Å²) in [5.41, 5.74) is 2.11. The number of aromatic nitrogens is 3. The molecule has 132 valence electrons. The Morgan fingerprint density at radius 3 is 2.68 bits per heavy atom. The standard InChI is InChI=1S/C17H20N4O4/c1-10-7-11(2)18-15(22)14(10)16(23)20-5-4-6-21-12(9-20)8-13(19-21)17(24)25-3/h7-8H,4-6,9H2,1-3H3,(H,18,22). The minimum atomic E-state index is -0.510. The molecule has 2 aromatic rings. The topological polar surface area (TPSA) is 97.3 Å². The molecule has 0 aromatic carbocycles. The number of aryl methyl sites for hydroxylation is 3. The summed E-state index contributed by atoms with van der Waals surface area (Å²) < 4.78 is 6.40. The number of nitrogens with one attached hydrogen (secondary N) is 1. The number of H-pyrrole nitrogens is 1. The van der Waals surface area contributed by atoms with Gasteiger partial charge in [0.2, 0.25) is 0 Å². The molecule has 0 spiro atoms. The van der Waals surface area contributed by atoms with E-state index in [-0.39, 0.29) is 29.3 Å². The summed E-state index contributed by atoms with van der Waals surface area (Å²) in [5, 5.41) is 4.23. The van der Waals surface area contributed by atoms with Crippen molar-refractivity contribution < 1.29 is 14.3 Å². The summed E-state index contributed by atoms with van der Waals surface area (Å²) in [4.78, 5) is 41.1. The lowest BCUT2D eigenvalue weighted by Crippen LogP contribution is -2.35. The Morgan fingerprint density at radius 1 is 1.24 bits per heavy atom. The lowest BCUT2D eigenvalue weighted by molar-refractivity contribution is 0.0593. The normalized spacial score (nSPS) is 14.0. The lowest BCUT2D eigenvalue weighted by Gasteiger charge is -2.20. The monoisotopic (exact) mass is 344 g/mol. The molecule has 1 aliphatic heterocycles. The van der Waals surface area contributed by atoms with E-state index in [0.29, 0.717) is 25.1 Å².